The Labute approximate surface area is 202 Å². The Morgan fingerprint density at radius 3 is 2.53 bits per heavy atom. The molecule has 7 nitrogen and oxygen atoms in total. The highest BCUT2D eigenvalue weighted by Gasteiger charge is 2.31. The number of hydrogen-bond donors (Lipinski definition) is 1. The Hall–Kier alpha value is -2.71. The van der Waals surface area contributed by atoms with Crippen LogP contribution in [-0.2, 0) is 19.6 Å². The van der Waals surface area contributed by atoms with Gasteiger partial charge in [0.15, 0.2) is 6.61 Å². The van der Waals surface area contributed by atoms with Crippen LogP contribution in [0.3, 0.4) is 0 Å². The van der Waals surface area contributed by atoms with Gasteiger partial charge >= 0.3 is 5.97 Å². The van der Waals surface area contributed by atoms with Gasteiger partial charge in [-0.05, 0) is 68.4 Å². The Morgan fingerprint density at radius 1 is 1.12 bits per heavy atom. The van der Waals surface area contributed by atoms with Crippen LogP contribution in [0, 0.1) is 13.8 Å². The maximum Gasteiger partial charge on any atom is 0.338 e. The number of nitrogens with zero attached hydrogens (tertiary/aromatic N) is 1. The van der Waals surface area contributed by atoms with E-state index in [9.17, 15) is 18.0 Å². The number of amides is 1. The monoisotopic (exact) mass is 486 g/mol. The lowest BCUT2D eigenvalue weighted by Crippen LogP contribution is -2.41. The third kappa shape index (κ3) is 5.67. The van der Waals surface area contributed by atoms with Crippen molar-refractivity contribution >= 4 is 27.6 Å². The molecule has 0 radical (unpaired) electrons. The number of carbonyl (C=O) groups is 2. The molecule has 1 amide bonds. The lowest BCUT2D eigenvalue weighted by molar-refractivity contribution is -0.119. The van der Waals surface area contributed by atoms with Crippen molar-refractivity contribution in [2.45, 2.75) is 70.7 Å². The minimum atomic E-state index is -3.73. The minimum absolute atomic E-state index is 0.0599. The van der Waals surface area contributed by atoms with Crippen molar-refractivity contribution < 1.29 is 22.7 Å². The summed E-state index contributed by atoms with van der Waals surface area (Å²) in [5.41, 5.74) is 3.36. The zero-order chi connectivity index (χ0) is 25.0. The van der Waals surface area contributed by atoms with Gasteiger partial charge in [0.05, 0.1) is 10.5 Å². The molecule has 1 fully saturated rings. The predicted molar refractivity (Wildman–Crippen MR) is 133 cm³/mol. The van der Waals surface area contributed by atoms with Gasteiger partial charge in [-0.2, -0.15) is 4.31 Å². The predicted octanol–water partition coefficient (Wildman–Crippen LogP) is 4.79. The first-order valence-electron chi connectivity index (χ1n) is 11.7. The first-order chi connectivity index (χ1) is 16.0. The number of esters is 1. The van der Waals surface area contributed by atoms with Gasteiger partial charge in [0.1, 0.15) is 0 Å². The van der Waals surface area contributed by atoms with Crippen molar-refractivity contribution in [1.82, 2.24) is 4.31 Å². The summed E-state index contributed by atoms with van der Waals surface area (Å²) in [6.45, 7) is 9.60. The third-order valence-corrected chi connectivity index (χ3v) is 8.31. The molecule has 0 aromatic heterocycles. The largest absolute Gasteiger partial charge is 0.452 e. The molecule has 0 bridgehead atoms. The van der Waals surface area contributed by atoms with E-state index in [4.69, 9.17) is 4.74 Å². The fraction of sp³-hybridized carbons (Fsp3) is 0.462. The van der Waals surface area contributed by atoms with Gasteiger partial charge < -0.3 is 10.1 Å². The van der Waals surface area contributed by atoms with Crippen LogP contribution in [-0.4, -0.2) is 43.8 Å². The summed E-state index contributed by atoms with van der Waals surface area (Å²) in [4.78, 5) is 25.4. The topological polar surface area (TPSA) is 92.8 Å². The highest BCUT2D eigenvalue weighted by molar-refractivity contribution is 7.89. The molecule has 1 aliphatic rings. The molecule has 1 unspecified atom stereocenters. The van der Waals surface area contributed by atoms with E-state index in [0.717, 1.165) is 36.1 Å². The van der Waals surface area contributed by atoms with Crippen molar-refractivity contribution in [3.63, 3.8) is 0 Å². The van der Waals surface area contributed by atoms with Crippen molar-refractivity contribution in [3.05, 3.63) is 58.7 Å². The van der Waals surface area contributed by atoms with E-state index in [1.165, 1.54) is 16.4 Å². The van der Waals surface area contributed by atoms with Crippen LogP contribution >= 0.6 is 0 Å². The highest BCUT2D eigenvalue weighted by atomic mass is 32.2. The Bertz CT molecular complexity index is 1170. The fourth-order valence-corrected chi connectivity index (χ4v) is 6.00. The second-order valence-corrected chi connectivity index (χ2v) is 11.1. The lowest BCUT2D eigenvalue weighted by atomic mass is 9.98. The number of nitrogens with one attached hydrogen (secondary N) is 1. The van der Waals surface area contributed by atoms with E-state index in [0.29, 0.717) is 12.1 Å². The Balaban J connectivity index is 1.73. The number of sulfonamides is 1. The molecule has 3 rings (SSSR count). The van der Waals surface area contributed by atoms with Gasteiger partial charge in [-0.3, -0.25) is 4.79 Å². The number of piperidine rings is 1. The molecule has 184 valence electrons. The molecule has 0 spiro atoms. The van der Waals surface area contributed by atoms with Gasteiger partial charge in [0.25, 0.3) is 5.91 Å². The van der Waals surface area contributed by atoms with E-state index in [-0.39, 0.29) is 22.4 Å². The van der Waals surface area contributed by atoms with Gasteiger partial charge in [-0.25, -0.2) is 13.2 Å². The highest BCUT2D eigenvalue weighted by Crippen LogP contribution is 2.28. The van der Waals surface area contributed by atoms with Crippen molar-refractivity contribution in [2.24, 2.45) is 0 Å². The van der Waals surface area contributed by atoms with Crippen LogP contribution in [0.4, 0.5) is 5.69 Å². The molecule has 1 aliphatic heterocycles. The second-order valence-electron chi connectivity index (χ2n) is 9.26. The molecule has 0 saturated carbocycles. The van der Waals surface area contributed by atoms with E-state index < -0.39 is 28.5 Å². The minimum Gasteiger partial charge on any atom is -0.452 e. The van der Waals surface area contributed by atoms with Crippen molar-refractivity contribution in [1.29, 1.82) is 0 Å². The molecular formula is C26H34N2O5S. The summed E-state index contributed by atoms with van der Waals surface area (Å²) in [5, 5.41) is 2.85. The summed E-state index contributed by atoms with van der Waals surface area (Å²) >= 11 is 0. The smallest absolute Gasteiger partial charge is 0.338 e. The van der Waals surface area contributed by atoms with Crippen LogP contribution in [0.15, 0.2) is 41.3 Å². The van der Waals surface area contributed by atoms with Gasteiger partial charge in [0, 0.05) is 18.3 Å². The van der Waals surface area contributed by atoms with E-state index in [1.54, 1.807) is 13.0 Å². The zero-order valence-electron chi connectivity index (χ0n) is 20.6. The van der Waals surface area contributed by atoms with Crippen LogP contribution < -0.4 is 5.32 Å². The molecule has 8 heteroatoms. The number of para-hydroxylation sites is 1. The van der Waals surface area contributed by atoms with E-state index in [2.05, 4.69) is 5.32 Å². The number of aryl methyl sites for hydroxylation is 2. The number of rotatable bonds is 7. The Kier molecular flexibility index (Phi) is 8.15. The molecule has 1 N–H and O–H groups in total. The maximum absolute atomic E-state index is 13.2. The first kappa shape index (κ1) is 25.9. The summed E-state index contributed by atoms with van der Waals surface area (Å²) < 4.78 is 33.1. The molecule has 1 heterocycles. The van der Waals surface area contributed by atoms with Crippen LogP contribution in [0.2, 0.25) is 0 Å². The second kappa shape index (κ2) is 10.7. The van der Waals surface area contributed by atoms with Crippen molar-refractivity contribution in [2.75, 3.05) is 18.5 Å². The van der Waals surface area contributed by atoms with Crippen LogP contribution in [0.25, 0.3) is 0 Å². The van der Waals surface area contributed by atoms with Gasteiger partial charge in [-0.1, -0.05) is 44.5 Å². The average molecular weight is 487 g/mol. The number of benzene rings is 2. The van der Waals surface area contributed by atoms with E-state index in [1.807, 2.05) is 45.9 Å². The third-order valence-electron chi connectivity index (χ3n) is 6.30. The number of hydrogen-bond acceptors (Lipinski definition) is 5. The van der Waals surface area contributed by atoms with Crippen LogP contribution in [0.5, 0.6) is 0 Å². The zero-order valence-corrected chi connectivity index (χ0v) is 21.4. The summed E-state index contributed by atoms with van der Waals surface area (Å²) in [6.07, 6.45) is 2.63. The molecule has 1 atom stereocenters. The quantitative estimate of drug-likeness (QED) is 0.568. The Morgan fingerprint density at radius 2 is 1.85 bits per heavy atom. The number of carbonyl (C=O) groups excluding carboxylic acids is 2. The fourth-order valence-electron chi connectivity index (χ4n) is 4.27. The number of anilines is 1. The standard InChI is InChI=1S/C26H34N2O5S/c1-17(2)22-11-8-9-19(4)25(22)27-24(29)16-33-26(30)23-15-21(13-12-18(23)3)34(31,32)28-14-7-6-10-20(28)5/h8-9,11-13,15,17,20H,6-7,10,14,16H2,1-5H3,(H,27,29). The molecule has 2 aromatic carbocycles. The van der Waals surface area contributed by atoms with Gasteiger partial charge in [-0.15, -0.1) is 0 Å². The van der Waals surface area contributed by atoms with Crippen molar-refractivity contribution in [3.8, 4) is 0 Å². The van der Waals surface area contributed by atoms with Gasteiger partial charge in [0.2, 0.25) is 10.0 Å². The molecule has 34 heavy (non-hydrogen) atoms. The maximum atomic E-state index is 13.2. The normalized spacial score (nSPS) is 16.9. The van der Waals surface area contributed by atoms with Crippen LogP contribution in [0.1, 0.15) is 73.0 Å². The molecule has 2 aromatic rings. The molecule has 1 saturated heterocycles. The lowest BCUT2D eigenvalue weighted by Gasteiger charge is -2.32. The number of ether oxygens (including phenoxy) is 1. The molecular weight excluding hydrogens is 452 g/mol. The SMILES string of the molecule is Cc1ccc(S(=O)(=O)N2CCCCC2C)cc1C(=O)OCC(=O)Nc1c(C)cccc1C(C)C. The first-order valence-corrected chi connectivity index (χ1v) is 13.2. The van der Waals surface area contributed by atoms with E-state index >= 15 is 0 Å². The molecule has 0 aliphatic carbocycles. The summed E-state index contributed by atoms with van der Waals surface area (Å²) in [6, 6.07) is 10.2. The summed E-state index contributed by atoms with van der Waals surface area (Å²) in [5.74, 6) is -0.967. The summed E-state index contributed by atoms with van der Waals surface area (Å²) in [7, 11) is -3.73. The average Bonchev–Trinajstić information content (AvgIpc) is 2.79.